The van der Waals surface area contributed by atoms with Crippen LogP contribution in [0, 0.1) is 0 Å². The number of primary amides is 1. The summed E-state index contributed by atoms with van der Waals surface area (Å²) in [5, 5.41) is 17.6. The third-order valence-corrected chi connectivity index (χ3v) is 1.94. The largest absolute Gasteiger partial charge is 0.488 e. The summed E-state index contributed by atoms with van der Waals surface area (Å²) in [5.74, 6) is -0.337. The third-order valence-electron chi connectivity index (χ3n) is 1.94. The minimum atomic E-state index is -1.44. The minimum Gasteiger partial charge on any atom is -0.423 e. The number of hydrogen-bond donors (Lipinski definition) is 3. The molecule has 5 heteroatoms. The van der Waals surface area contributed by atoms with Gasteiger partial charge in [-0.1, -0.05) is 24.3 Å². The molecule has 0 unspecified atom stereocenters. The van der Waals surface area contributed by atoms with Crippen LogP contribution in [0.5, 0.6) is 0 Å². The maximum absolute atomic E-state index is 10.5. The molecule has 0 aliphatic carbocycles. The molecule has 1 aromatic rings. The van der Waals surface area contributed by atoms with E-state index < -0.39 is 7.12 Å². The molecule has 1 rings (SSSR count). The van der Waals surface area contributed by atoms with Crippen molar-refractivity contribution in [3.8, 4) is 0 Å². The standard InChI is InChI=1S/C9H12BNO3/c11-9(12)6-3-7-1-4-8(5-2-7)10(13)14/h1-2,4-5,13-14H,3,6H2,(H2,11,12). The summed E-state index contributed by atoms with van der Waals surface area (Å²) in [6, 6.07) is 6.72. The summed E-state index contributed by atoms with van der Waals surface area (Å²) in [6.45, 7) is 0. The molecule has 0 spiro atoms. The Kier molecular flexibility index (Phi) is 3.68. The summed E-state index contributed by atoms with van der Waals surface area (Å²) >= 11 is 0. The summed E-state index contributed by atoms with van der Waals surface area (Å²) < 4.78 is 0. The molecule has 0 aromatic heterocycles. The van der Waals surface area contributed by atoms with Gasteiger partial charge in [0.15, 0.2) is 0 Å². The molecule has 4 N–H and O–H groups in total. The van der Waals surface area contributed by atoms with E-state index in [1.165, 1.54) is 0 Å². The van der Waals surface area contributed by atoms with Gasteiger partial charge in [0.05, 0.1) is 0 Å². The van der Waals surface area contributed by atoms with Gasteiger partial charge < -0.3 is 15.8 Å². The van der Waals surface area contributed by atoms with E-state index in [1.54, 1.807) is 24.3 Å². The lowest BCUT2D eigenvalue weighted by Gasteiger charge is -2.01. The first-order valence-electron chi connectivity index (χ1n) is 4.33. The van der Waals surface area contributed by atoms with Gasteiger partial charge in [-0.3, -0.25) is 4.79 Å². The minimum absolute atomic E-state index is 0.307. The fourth-order valence-corrected chi connectivity index (χ4v) is 1.12. The average Bonchev–Trinajstić information content (AvgIpc) is 2.15. The Balaban J connectivity index is 2.59. The zero-order chi connectivity index (χ0) is 10.6. The Hall–Kier alpha value is -1.33. The quantitative estimate of drug-likeness (QED) is 0.524. The van der Waals surface area contributed by atoms with Crippen molar-refractivity contribution in [1.82, 2.24) is 0 Å². The second-order valence-corrected chi connectivity index (χ2v) is 3.08. The van der Waals surface area contributed by atoms with Gasteiger partial charge in [0.2, 0.25) is 5.91 Å². The Morgan fingerprint density at radius 2 is 1.86 bits per heavy atom. The van der Waals surface area contributed by atoms with Crippen molar-refractivity contribution in [2.75, 3.05) is 0 Å². The number of rotatable bonds is 4. The monoisotopic (exact) mass is 193 g/mol. The van der Waals surface area contributed by atoms with Crippen LogP contribution in [0.4, 0.5) is 0 Å². The highest BCUT2D eigenvalue weighted by Crippen LogP contribution is 2.00. The van der Waals surface area contributed by atoms with E-state index in [0.29, 0.717) is 18.3 Å². The Bertz CT molecular complexity index is 310. The van der Waals surface area contributed by atoms with E-state index in [0.717, 1.165) is 5.56 Å². The number of carbonyl (C=O) groups is 1. The van der Waals surface area contributed by atoms with Gasteiger partial charge in [0, 0.05) is 6.42 Å². The number of hydrogen-bond acceptors (Lipinski definition) is 3. The molecule has 0 fully saturated rings. The molecule has 14 heavy (non-hydrogen) atoms. The van der Waals surface area contributed by atoms with Crippen molar-refractivity contribution < 1.29 is 14.8 Å². The highest BCUT2D eigenvalue weighted by molar-refractivity contribution is 6.58. The normalized spacial score (nSPS) is 9.86. The molecule has 0 bridgehead atoms. The molecule has 0 atom stereocenters. The van der Waals surface area contributed by atoms with E-state index in [2.05, 4.69) is 0 Å². The topological polar surface area (TPSA) is 83.6 Å². The lowest BCUT2D eigenvalue weighted by molar-refractivity contribution is -0.117. The van der Waals surface area contributed by atoms with Crippen LogP contribution >= 0.6 is 0 Å². The second kappa shape index (κ2) is 4.78. The molecule has 0 aliphatic heterocycles. The molecule has 4 nitrogen and oxygen atoms in total. The van der Waals surface area contributed by atoms with E-state index in [-0.39, 0.29) is 5.91 Å². The Labute approximate surface area is 82.5 Å². The zero-order valence-electron chi connectivity index (χ0n) is 7.68. The zero-order valence-corrected chi connectivity index (χ0v) is 7.68. The Morgan fingerprint density at radius 3 is 2.29 bits per heavy atom. The van der Waals surface area contributed by atoms with Gasteiger partial charge >= 0.3 is 7.12 Å². The van der Waals surface area contributed by atoms with Crippen molar-refractivity contribution in [2.24, 2.45) is 5.73 Å². The fourth-order valence-electron chi connectivity index (χ4n) is 1.12. The first-order valence-corrected chi connectivity index (χ1v) is 4.33. The van der Waals surface area contributed by atoms with Gasteiger partial charge in [-0.2, -0.15) is 0 Å². The van der Waals surface area contributed by atoms with Gasteiger partial charge in [0.25, 0.3) is 0 Å². The van der Waals surface area contributed by atoms with Crippen LogP contribution in [0.3, 0.4) is 0 Å². The van der Waals surface area contributed by atoms with Crippen LogP contribution in [0.25, 0.3) is 0 Å². The van der Waals surface area contributed by atoms with Crippen molar-refractivity contribution >= 4 is 18.5 Å². The predicted molar refractivity (Wildman–Crippen MR) is 53.8 cm³/mol. The maximum Gasteiger partial charge on any atom is 0.488 e. The summed E-state index contributed by atoms with van der Waals surface area (Å²) in [4.78, 5) is 10.5. The Morgan fingerprint density at radius 1 is 1.29 bits per heavy atom. The van der Waals surface area contributed by atoms with Crippen molar-refractivity contribution in [3.63, 3.8) is 0 Å². The molecule has 0 radical (unpaired) electrons. The summed E-state index contributed by atoms with van der Waals surface area (Å²) in [6.07, 6.45) is 0.887. The van der Waals surface area contributed by atoms with Gasteiger partial charge in [-0.15, -0.1) is 0 Å². The van der Waals surface area contributed by atoms with Crippen LogP contribution in [-0.2, 0) is 11.2 Å². The SMILES string of the molecule is NC(=O)CCc1ccc(B(O)O)cc1. The summed E-state index contributed by atoms with van der Waals surface area (Å²) in [7, 11) is -1.44. The molecule has 0 saturated carbocycles. The van der Waals surface area contributed by atoms with Crippen molar-refractivity contribution in [2.45, 2.75) is 12.8 Å². The number of nitrogens with two attached hydrogens (primary N) is 1. The molecular weight excluding hydrogens is 181 g/mol. The van der Waals surface area contributed by atoms with E-state index in [4.69, 9.17) is 15.8 Å². The van der Waals surface area contributed by atoms with Gasteiger partial charge in [-0.25, -0.2) is 0 Å². The number of aryl methyl sites for hydroxylation is 1. The van der Waals surface area contributed by atoms with E-state index in [9.17, 15) is 4.79 Å². The number of carbonyl (C=O) groups excluding carboxylic acids is 1. The smallest absolute Gasteiger partial charge is 0.423 e. The molecule has 0 saturated heterocycles. The first kappa shape index (κ1) is 10.8. The highest BCUT2D eigenvalue weighted by Gasteiger charge is 2.09. The third kappa shape index (κ3) is 3.20. The summed E-state index contributed by atoms with van der Waals surface area (Å²) in [5.41, 5.74) is 6.39. The van der Waals surface area contributed by atoms with E-state index in [1.807, 2.05) is 0 Å². The number of benzene rings is 1. The molecule has 1 amide bonds. The molecule has 1 aromatic carbocycles. The van der Waals surface area contributed by atoms with E-state index >= 15 is 0 Å². The van der Waals surface area contributed by atoms with Crippen LogP contribution in [0.15, 0.2) is 24.3 Å². The highest BCUT2D eigenvalue weighted by atomic mass is 16.4. The van der Waals surface area contributed by atoms with Crippen molar-refractivity contribution in [3.05, 3.63) is 29.8 Å². The van der Waals surface area contributed by atoms with Crippen LogP contribution in [0.2, 0.25) is 0 Å². The average molecular weight is 193 g/mol. The van der Waals surface area contributed by atoms with Gasteiger partial charge in [-0.05, 0) is 17.4 Å². The molecule has 0 heterocycles. The molecule has 74 valence electrons. The van der Waals surface area contributed by atoms with Crippen molar-refractivity contribution in [1.29, 1.82) is 0 Å². The lowest BCUT2D eigenvalue weighted by Crippen LogP contribution is -2.29. The van der Waals surface area contributed by atoms with Crippen LogP contribution < -0.4 is 11.2 Å². The van der Waals surface area contributed by atoms with Crippen LogP contribution in [0.1, 0.15) is 12.0 Å². The van der Waals surface area contributed by atoms with Gasteiger partial charge in [0.1, 0.15) is 0 Å². The number of amides is 1. The molecule has 0 aliphatic rings. The first-order chi connectivity index (χ1) is 6.59. The predicted octanol–water partition coefficient (Wildman–Crippen LogP) is -1.22. The second-order valence-electron chi connectivity index (χ2n) is 3.08. The fraction of sp³-hybridized carbons (Fsp3) is 0.222. The lowest BCUT2D eigenvalue weighted by atomic mass is 9.80. The maximum atomic E-state index is 10.5. The van der Waals surface area contributed by atoms with Crippen LogP contribution in [-0.4, -0.2) is 23.1 Å². The molecular formula is C9H12BNO3.